The zero-order chi connectivity index (χ0) is 41.4. The summed E-state index contributed by atoms with van der Waals surface area (Å²) in [6.45, 7) is 0. The van der Waals surface area contributed by atoms with E-state index in [2.05, 4.69) is 226 Å². The topological polar surface area (TPSA) is 40.6 Å². The number of hydrogen-bond donors (Lipinski definition) is 0. The second-order valence-electron chi connectivity index (χ2n) is 16.2. The van der Waals surface area contributed by atoms with Gasteiger partial charge in [-0.2, -0.15) is 0 Å². The van der Waals surface area contributed by atoms with Crippen LogP contribution in [-0.4, -0.2) is 23.7 Å². The van der Waals surface area contributed by atoms with Gasteiger partial charge in [-0.05, 0) is 90.0 Å². The molecule has 0 aliphatic heterocycles. The first-order valence-corrected chi connectivity index (χ1v) is 21.4. The maximum atomic E-state index is 5.21. The second kappa shape index (κ2) is 14.0. The summed E-state index contributed by atoms with van der Waals surface area (Å²) in [7, 11) is 0. The Bertz CT molecular complexity index is 3780. The minimum atomic E-state index is 0.937. The number of pyridine rings is 2. The minimum Gasteiger partial charge on any atom is -0.309 e. The summed E-state index contributed by atoms with van der Waals surface area (Å²) in [4.78, 5) is 9.98. The predicted molar refractivity (Wildman–Crippen MR) is 261 cm³/mol. The van der Waals surface area contributed by atoms with Gasteiger partial charge in [-0.15, -0.1) is 0 Å². The Kier molecular flexibility index (Phi) is 7.84. The highest BCUT2D eigenvalue weighted by Gasteiger charge is 2.19. The van der Waals surface area contributed by atoms with Crippen molar-refractivity contribution in [3.8, 4) is 50.7 Å². The summed E-state index contributed by atoms with van der Waals surface area (Å²) < 4.78 is 7.14. The van der Waals surface area contributed by atoms with Gasteiger partial charge in [-0.1, -0.05) is 140 Å². The van der Waals surface area contributed by atoms with E-state index < -0.39 is 0 Å². The van der Waals surface area contributed by atoms with Crippen molar-refractivity contribution >= 4 is 65.5 Å². The third-order valence-electron chi connectivity index (χ3n) is 12.7. The van der Waals surface area contributed by atoms with Crippen LogP contribution in [0.25, 0.3) is 116 Å². The molecule has 63 heavy (non-hydrogen) atoms. The van der Waals surface area contributed by atoms with Crippen molar-refractivity contribution in [2.75, 3.05) is 0 Å². The normalized spacial score (nSPS) is 11.8. The fraction of sp³-hybridized carbons (Fsp3) is 0. The minimum absolute atomic E-state index is 0.937. The van der Waals surface area contributed by atoms with Crippen LogP contribution in [0.5, 0.6) is 0 Å². The summed E-state index contributed by atoms with van der Waals surface area (Å²) in [5.41, 5.74) is 17.5. The molecule has 0 aliphatic carbocycles. The third-order valence-corrected chi connectivity index (χ3v) is 12.7. The summed E-state index contributed by atoms with van der Waals surface area (Å²) in [5, 5.41) is 6.03. The molecule has 0 saturated carbocycles. The van der Waals surface area contributed by atoms with E-state index in [1.54, 1.807) is 0 Å². The Hall–Kier alpha value is -8.54. The van der Waals surface area contributed by atoms with Gasteiger partial charge in [0.15, 0.2) is 0 Å². The largest absolute Gasteiger partial charge is 0.309 e. The lowest BCUT2D eigenvalue weighted by Gasteiger charge is -2.14. The molecule has 0 saturated heterocycles. The highest BCUT2D eigenvalue weighted by molar-refractivity contribution is 6.12. The number of benzene rings is 8. The lowest BCUT2D eigenvalue weighted by atomic mass is 10.0. The Balaban J connectivity index is 0.981. The average Bonchev–Trinajstić information content (AvgIpc) is 4.00. The maximum Gasteiger partial charge on any atom is 0.0963 e. The molecule has 8 aromatic carbocycles. The molecule has 0 fully saturated rings. The lowest BCUT2D eigenvalue weighted by Crippen LogP contribution is -1.98. The van der Waals surface area contributed by atoms with E-state index in [1.165, 1.54) is 27.1 Å². The SMILES string of the molecule is c1ccc(-c2cc(-n3c4ccccc4c4ccc(-c5ccc6c7ccccc7n(-c7ccc(-n8c9ccccc9c9ncccc98)cc7)c6c5)cc43)cc(-c3ccccc3)n2)cc1. The molecular weight excluding hydrogens is 767 g/mol. The highest BCUT2D eigenvalue weighted by Crippen LogP contribution is 2.40. The van der Waals surface area contributed by atoms with Crippen molar-refractivity contribution in [2.45, 2.75) is 0 Å². The van der Waals surface area contributed by atoms with E-state index in [4.69, 9.17) is 9.97 Å². The number of aromatic nitrogens is 5. The summed E-state index contributed by atoms with van der Waals surface area (Å²) in [6, 6.07) is 78.4. The molecule has 0 radical (unpaired) electrons. The van der Waals surface area contributed by atoms with Gasteiger partial charge in [-0.3, -0.25) is 4.98 Å². The van der Waals surface area contributed by atoms with E-state index >= 15 is 0 Å². The van der Waals surface area contributed by atoms with Gasteiger partial charge in [0.25, 0.3) is 0 Å². The van der Waals surface area contributed by atoms with Gasteiger partial charge in [-0.25, -0.2) is 4.98 Å². The Labute approximate surface area is 363 Å². The molecule has 0 N–H and O–H groups in total. The third kappa shape index (κ3) is 5.57. The molecule has 0 spiro atoms. The molecule has 0 aliphatic rings. The van der Waals surface area contributed by atoms with Crippen LogP contribution < -0.4 is 0 Å². The number of fused-ring (bicyclic) bond motifs is 9. The van der Waals surface area contributed by atoms with Gasteiger partial charge >= 0.3 is 0 Å². The van der Waals surface area contributed by atoms with Crippen LogP contribution in [0.1, 0.15) is 0 Å². The van der Waals surface area contributed by atoms with Crippen molar-refractivity contribution in [3.63, 3.8) is 0 Å². The molecule has 0 bridgehead atoms. The van der Waals surface area contributed by atoms with Crippen molar-refractivity contribution in [1.82, 2.24) is 23.7 Å². The fourth-order valence-electron chi connectivity index (χ4n) is 9.83. The van der Waals surface area contributed by atoms with Crippen molar-refractivity contribution in [3.05, 3.63) is 225 Å². The van der Waals surface area contributed by atoms with Gasteiger partial charge in [0, 0.05) is 55.6 Å². The van der Waals surface area contributed by atoms with Crippen LogP contribution in [0, 0.1) is 0 Å². The first-order valence-electron chi connectivity index (χ1n) is 21.4. The van der Waals surface area contributed by atoms with Crippen LogP contribution in [0.15, 0.2) is 225 Å². The standard InChI is InChI=1S/C58H37N5/c1-3-14-38(15-4-1)50-36-44(37-51(60-50)39-16-5-2-6-17-39)63-53-22-11-8-19-46(53)48-32-26-41(35-57(48)63)40-25-31-47-45-18-7-10-21-52(45)62(56(47)34-40)43-29-27-42(28-30-43)61-54-23-12-9-20-49(54)58-55(61)24-13-33-59-58/h1-37H. The van der Waals surface area contributed by atoms with Crippen LogP contribution in [0.4, 0.5) is 0 Å². The van der Waals surface area contributed by atoms with Gasteiger partial charge in [0.1, 0.15) is 0 Å². The lowest BCUT2D eigenvalue weighted by molar-refractivity contribution is 1.14. The van der Waals surface area contributed by atoms with Crippen molar-refractivity contribution in [1.29, 1.82) is 0 Å². The molecule has 13 aromatic rings. The number of nitrogens with zero attached hydrogens (tertiary/aromatic N) is 5. The van der Waals surface area contributed by atoms with Crippen LogP contribution in [0.2, 0.25) is 0 Å². The van der Waals surface area contributed by atoms with Crippen molar-refractivity contribution in [2.24, 2.45) is 0 Å². The smallest absolute Gasteiger partial charge is 0.0963 e. The van der Waals surface area contributed by atoms with E-state index in [9.17, 15) is 0 Å². The summed E-state index contributed by atoms with van der Waals surface area (Å²) in [6.07, 6.45) is 1.88. The number of rotatable bonds is 6. The number of para-hydroxylation sites is 3. The van der Waals surface area contributed by atoms with E-state index in [0.29, 0.717) is 0 Å². The average molecular weight is 804 g/mol. The molecule has 0 amide bonds. The van der Waals surface area contributed by atoms with Crippen molar-refractivity contribution < 1.29 is 0 Å². The summed E-state index contributed by atoms with van der Waals surface area (Å²) in [5.74, 6) is 0. The van der Waals surface area contributed by atoms with E-state index in [-0.39, 0.29) is 0 Å². The summed E-state index contributed by atoms with van der Waals surface area (Å²) >= 11 is 0. The Morgan fingerprint density at radius 1 is 0.270 bits per heavy atom. The molecule has 0 unspecified atom stereocenters. The monoisotopic (exact) mass is 803 g/mol. The predicted octanol–water partition coefficient (Wildman–Crippen LogP) is 14.8. The van der Waals surface area contributed by atoms with Crippen LogP contribution in [0.3, 0.4) is 0 Å². The van der Waals surface area contributed by atoms with E-state index in [0.717, 1.165) is 89.2 Å². The molecule has 294 valence electrons. The molecule has 5 aromatic heterocycles. The number of hydrogen-bond acceptors (Lipinski definition) is 2. The molecule has 0 atom stereocenters. The van der Waals surface area contributed by atoms with Gasteiger partial charge < -0.3 is 13.7 Å². The first kappa shape index (κ1) is 35.2. The highest BCUT2D eigenvalue weighted by atomic mass is 15.0. The fourth-order valence-corrected chi connectivity index (χ4v) is 9.83. The zero-order valence-corrected chi connectivity index (χ0v) is 34.1. The van der Waals surface area contributed by atoms with Gasteiger partial charge in [0.2, 0.25) is 0 Å². The van der Waals surface area contributed by atoms with E-state index in [1.807, 2.05) is 12.3 Å². The molecular formula is C58H37N5. The molecule has 5 nitrogen and oxygen atoms in total. The zero-order valence-electron chi connectivity index (χ0n) is 34.1. The first-order chi connectivity index (χ1) is 31.2. The van der Waals surface area contributed by atoms with Crippen LogP contribution in [-0.2, 0) is 0 Å². The Morgan fingerprint density at radius 3 is 1.22 bits per heavy atom. The molecule has 5 heterocycles. The molecule has 13 rings (SSSR count). The quantitative estimate of drug-likeness (QED) is 0.168. The Morgan fingerprint density at radius 2 is 0.683 bits per heavy atom. The maximum absolute atomic E-state index is 5.21. The second-order valence-corrected chi connectivity index (χ2v) is 16.2. The molecule has 5 heteroatoms. The van der Waals surface area contributed by atoms with Crippen LogP contribution >= 0.6 is 0 Å². The van der Waals surface area contributed by atoms with Gasteiger partial charge in [0.05, 0.1) is 55.7 Å².